The van der Waals surface area contributed by atoms with E-state index in [1.807, 2.05) is 32.1 Å². The molecule has 1 unspecified atom stereocenters. The second-order valence-electron chi connectivity index (χ2n) is 8.31. The number of benzene rings is 1. The standard InChI is InChI=1S/C24H34O2S/c1-6-9-20-16-18(11-13-19(7-2)22-10-8-15-27-22)12-14-21(20)26-17-23(25)24(3,4)5/h8,10,12,14-16,19H,6-7,9,11,13,17H2,1-5H3. The predicted molar refractivity (Wildman–Crippen MR) is 116 cm³/mol. The lowest BCUT2D eigenvalue weighted by molar-refractivity contribution is -0.128. The molecule has 0 aliphatic rings. The van der Waals surface area contributed by atoms with E-state index in [4.69, 9.17) is 4.74 Å². The number of ether oxygens (including phenoxy) is 1. The summed E-state index contributed by atoms with van der Waals surface area (Å²) in [5.41, 5.74) is 2.23. The van der Waals surface area contributed by atoms with E-state index in [1.54, 1.807) is 0 Å². The van der Waals surface area contributed by atoms with Gasteiger partial charge in [-0.2, -0.15) is 0 Å². The van der Waals surface area contributed by atoms with Crippen molar-refractivity contribution in [3.05, 3.63) is 51.7 Å². The number of carbonyl (C=O) groups is 1. The molecule has 0 aliphatic heterocycles. The van der Waals surface area contributed by atoms with Crippen LogP contribution in [0.4, 0.5) is 0 Å². The molecule has 1 atom stereocenters. The maximum absolute atomic E-state index is 12.2. The highest BCUT2D eigenvalue weighted by molar-refractivity contribution is 7.10. The molecule has 0 N–H and O–H groups in total. The summed E-state index contributed by atoms with van der Waals surface area (Å²) in [5, 5.41) is 2.17. The fourth-order valence-electron chi connectivity index (χ4n) is 3.17. The van der Waals surface area contributed by atoms with E-state index < -0.39 is 0 Å². The number of rotatable bonds is 10. The smallest absolute Gasteiger partial charge is 0.175 e. The number of ketones is 1. The molecule has 0 aliphatic carbocycles. The van der Waals surface area contributed by atoms with Gasteiger partial charge in [-0.25, -0.2) is 0 Å². The van der Waals surface area contributed by atoms with Gasteiger partial charge in [0.05, 0.1) is 0 Å². The number of aryl methyl sites for hydroxylation is 2. The number of thiophene rings is 1. The molecule has 0 radical (unpaired) electrons. The first-order valence-corrected chi connectivity index (χ1v) is 11.0. The highest BCUT2D eigenvalue weighted by atomic mass is 32.1. The molecule has 2 rings (SSSR count). The molecule has 2 aromatic rings. The van der Waals surface area contributed by atoms with Crippen LogP contribution in [0.2, 0.25) is 0 Å². The van der Waals surface area contributed by atoms with Crippen LogP contribution in [0, 0.1) is 5.41 Å². The summed E-state index contributed by atoms with van der Waals surface area (Å²) in [5.74, 6) is 1.64. The van der Waals surface area contributed by atoms with Crippen LogP contribution < -0.4 is 4.74 Å². The van der Waals surface area contributed by atoms with Crippen LogP contribution in [0.3, 0.4) is 0 Å². The van der Waals surface area contributed by atoms with E-state index in [0.717, 1.165) is 25.0 Å². The molecule has 1 aromatic heterocycles. The van der Waals surface area contributed by atoms with Crippen LogP contribution in [-0.2, 0) is 17.6 Å². The lowest BCUT2D eigenvalue weighted by Crippen LogP contribution is -2.26. The zero-order valence-corrected chi connectivity index (χ0v) is 18.3. The van der Waals surface area contributed by atoms with E-state index in [2.05, 4.69) is 49.6 Å². The monoisotopic (exact) mass is 386 g/mol. The SMILES string of the molecule is CCCc1cc(CCC(CC)c2cccs2)ccc1OCC(=O)C(C)(C)C. The van der Waals surface area contributed by atoms with Gasteiger partial charge in [0, 0.05) is 10.3 Å². The van der Waals surface area contributed by atoms with Gasteiger partial charge >= 0.3 is 0 Å². The predicted octanol–water partition coefficient (Wildman–Crippen LogP) is 6.82. The van der Waals surface area contributed by atoms with Crippen molar-refractivity contribution < 1.29 is 9.53 Å². The van der Waals surface area contributed by atoms with Crippen LogP contribution in [0.5, 0.6) is 5.75 Å². The van der Waals surface area contributed by atoms with Crippen molar-refractivity contribution in [1.29, 1.82) is 0 Å². The minimum atomic E-state index is -0.359. The molecule has 0 spiro atoms. The maximum Gasteiger partial charge on any atom is 0.175 e. The summed E-state index contributed by atoms with van der Waals surface area (Å²) in [6.45, 7) is 10.4. The molecule has 0 bridgehead atoms. The third kappa shape index (κ3) is 6.49. The number of hydrogen-bond acceptors (Lipinski definition) is 3. The highest BCUT2D eigenvalue weighted by Crippen LogP contribution is 2.30. The van der Waals surface area contributed by atoms with Crippen LogP contribution >= 0.6 is 11.3 Å². The van der Waals surface area contributed by atoms with Gasteiger partial charge in [-0.3, -0.25) is 4.79 Å². The summed E-state index contributed by atoms with van der Waals surface area (Å²) in [6.07, 6.45) is 5.48. The third-order valence-corrected chi connectivity index (χ3v) is 6.09. The first-order chi connectivity index (χ1) is 12.8. The summed E-state index contributed by atoms with van der Waals surface area (Å²) in [4.78, 5) is 13.7. The van der Waals surface area contributed by atoms with Gasteiger partial charge in [-0.1, -0.05) is 59.2 Å². The largest absolute Gasteiger partial charge is 0.486 e. The molecule has 1 heterocycles. The molecule has 3 heteroatoms. The lowest BCUT2D eigenvalue weighted by atomic mass is 9.91. The van der Waals surface area contributed by atoms with Crippen LogP contribution in [0.25, 0.3) is 0 Å². The topological polar surface area (TPSA) is 26.3 Å². The number of carbonyl (C=O) groups excluding carboxylic acids is 1. The highest BCUT2D eigenvalue weighted by Gasteiger charge is 2.22. The van der Waals surface area contributed by atoms with Gasteiger partial charge in [0.2, 0.25) is 0 Å². The molecule has 0 saturated carbocycles. The van der Waals surface area contributed by atoms with Crippen molar-refractivity contribution in [3.8, 4) is 5.75 Å². The molecule has 1 aromatic carbocycles. The quantitative estimate of drug-likeness (QED) is 0.448. The second-order valence-corrected chi connectivity index (χ2v) is 9.29. The minimum Gasteiger partial charge on any atom is -0.486 e. The molecule has 0 saturated heterocycles. The van der Waals surface area contributed by atoms with Gasteiger partial charge in [0.25, 0.3) is 0 Å². The number of hydrogen-bond donors (Lipinski definition) is 0. The molecule has 0 amide bonds. The molecular weight excluding hydrogens is 352 g/mol. The fraction of sp³-hybridized carbons (Fsp3) is 0.542. The Morgan fingerprint density at radius 2 is 1.93 bits per heavy atom. The lowest BCUT2D eigenvalue weighted by Gasteiger charge is -2.19. The van der Waals surface area contributed by atoms with E-state index in [-0.39, 0.29) is 17.8 Å². The van der Waals surface area contributed by atoms with Crippen LogP contribution in [-0.4, -0.2) is 12.4 Å². The van der Waals surface area contributed by atoms with Crippen LogP contribution in [0.1, 0.15) is 75.8 Å². The Morgan fingerprint density at radius 1 is 1.15 bits per heavy atom. The average Bonchev–Trinajstić information content (AvgIpc) is 3.15. The van der Waals surface area contributed by atoms with Gasteiger partial charge in [0.1, 0.15) is 12.4 Å². The van der Waals surface area contributed by atoms with E-state index in [0.29, 0.717) is 5.92 Å². The summed E-state index contributed by atoms with van der Waals surface area (Å²) < 4.78 is 5.89. The summed E-state index contributed by atoms with van der Waals surface area (Å²) in [6, 6.07) is 10.9. The first kappa shape index (κ1) is 21.7. The number of Topliss-reactive ketones (excluding diaryl/α,β-unsaturated/α-hetero) is 1. The van der Waals surface area contributed by atoms with Crippen molar-refractivity contribution in [1.82, 2.24) is 0 Å². The van der Waals surface area contributed by atoms with Gasteiger partial charge < -0.3 is 4.74 Å². The third-order valence-electron chi connectivity index (χ3n) is 5.06. The van der Waals surface area contributed by atoms with Crippen LogP contribution in [0.15, 0.2) is 35.7 Å². The molecule has 148 valence electrons. The Balaban J connectivity index is 2.04. The first-order valence-electron chi connectivity index (χ1n) is 10.2. The fourth-order valence-corrected chi connectivity index (χ4v) is 4.11. The zero-order valence-electron chi connectivity index (χ0n) is 17.5. The minimum absolute atomic E-state index is 0.135. The normalized spacial score (nSPS) is 12.8. The Labute approximate surface area is 169 Å². The molecule has 2 nitrogen and oxygen atoms in total. The van der Waals surface area contributed by atoms with E-state index in [9.17, 15) is 4.79 Å². The Kier molecular flexibility index (Phi) is 8.09. The van der Waals surface area contributed by atoms with Gasteiger partial charge in [-0.05, 0) is 60.2 Å². The van der Waals surface area contributed by atoms with E-state index in [1.165, 1.54) is 28.8 Å². The second kappa shape index (κ2) is 10.1. The van der Waals surface area contributed by atoms with E-state index >= 15 is 0 Å². The molecular formula is C24H34O2S. The summed E-state index contributed by atoms with van der Waals surface area (Å²) in [7, 11) is 0. The molecule has 27 heavy (non-hydrogen) atoms. The summed E-state index contributed by atoms with van der Waals surface area (Å²) >= 11 is 1.86. The Hall–Kier alpha value is -1.61. The molecule has 0 fully saturated rings. The van der Waals surface area contributed by atoms with Crippen molar-refractivity contribution in [3.63, 3.8) is 0 Å². The van der Waals surface area contributed by atoms with Crippen molar-refractivity contribution >= 4 is 17.1 Å². The zero-order chi connectivity index (χ0) is 19.9. The van der Waals surface area contributed by atoms with Crippen molar-refractivity contribution in [2.75, 3.05) is 6.61 Å². The average molecular weight is 387 g/mol. The maximum atomic E-state index is 12.2. The Bertz CT molecular complexity index is 710. The van der Waals surface area contributed by atoms with Gasteiger partial charge in [-0.15, -0.1) is 11.3 Å². The van der Waals surface area contributed by atoms with Crippen molar-refractivity contribution in [2.24, 2.45) is 5.41 Å². The van der Waals surface area contributed by atoms with Crippen molar-refractivity contribution in [2.45, 2.75) is 72.6 Å². The Morgan fingerprint density at radius 3 is 2.52 bits per heavy atom. The van der Waals surface area contributed by atoms with Gasteiger partial charge in [0.15, 0.2) is 5.78 Å².